The second kappa shape index (κ2) is 4.53. The molecule has 1 aromatic heterocycles. The molecule has 0 unspecified atom stereocenters. The highest BCUT2D eigenvalue weighted by Crippen LogP contribution is 2.20. The second-order valence-electron chi connectivity index (χ2n) is 3.65. The minimum absolute atomic E-state index is 0.128. The Kier molecular flexibility index (Phi) is 3.57. The molecule has 0 aromatic carbocycles. The van der Waals surface area contributed by atoms with E-state index in [1.165, 1.54) is 12.3 Å². The van der Waals surface area contributed by atoms with E-state index in [0.717, 1.165) is 0 Å². The van der Waals surface area contributed by atoms with Gasteiger partial charge in [0.15, 0.2) is 6.61 Å². The predicted octanol–water partition coefficient (Wildman–Crippen LogP) is 1.95. The molecule has 3 nitrogen and oxygen atoms in total. The molecule has 0 aliphatic carbocycles. The fourth-order valence-corrected chi connectivity index (χ4v) is 0.976. The zero-order valence-electron chi connectivity index (χ0n) is 8.58. The lowest BCUT2D eigenvalue weighted by Crippen LogP contribution is -2.16. The van der Waals surface area contributed by atoms with Crippen LogP contribution in [0, 0.1) is 0 Å². The summed E-state index contributed by atoms with van der Waals surface area (Å²) in [5, 5.41) is 9.60. The smallest absolute Gasteiger partial charge is 0.272 e. The largest absolute Gasteiger partial charge is 0.472 e. The number of hydrogen-bond donors (Lipinski definition) is 1. The first kappa shape index (κ1) is 11.8. The van der Waals surface area contributed by atoms with Crippen molar-refractivity contribution in [2.75, 3.05) is 6.61 Å². The van der Waals surface area contributed by atoms with Crippen molar-refractivity contribution in [2.45, 2.75) is 25.9 Å². The predicted molar refractivity (Wildman–Crippen MR) is 51.0 cm³/mol. The van der Waals surface area contributed by atoms with Crippen LogP contribution in [-0.4, -0.2) is 23.1 Å². The van der Waals surface area contributed by atoms with E-state index in [-0.39, 0.29) is 5.88 Å². The molecule has 1 heterocycles. The Morgan fingerprint density at radius 1 is 1.47 bits per heavy atom. The fourth-order valence-electron chi connectivity index (χ4n) is 0.976. The summed E-state index contributed by atoms with van der Waals surface area (Å²) >= 11 is 0. The van der Waals surface area contributed by atoms with E-state index in [1.807, 2.05) is 0 Å². The minimum atomic E-state index is -2.51. The molecule has 15 heavy (non-hydrogen) atoms. The molecule has 0 bridgehead atoms. The normalized spacial score (nSPS) is 11.9. The topological polar surface area (TPSA) is 42.4 Å². The molecule has 0 fully saturated rings. The van der Waals surface area contributed by atoms with Gasteiger partial charge < -0.3 is 9.84 Å². The van der Waals surface area contributed by atoms with Crippen molar-refractivity contribution in [1.29, 1.82) is 0 Å². The summed E-state index contributed by atoms with van der Waals surface area (Å²) in [5.74, 6) is 0.128. The summed E-state index contributed by atoms with van der Waals surface area (Å²) in [7, 11) is 0. The van der Waals surface area contributed by atoms with Crippen LogP contribution in [0.25, 0.3) is 0 Å². The van der Waals surface area contributed by atoms with E-state index < -0.39 is 18.6 Å². The highest BCUT2D eigenvalue weighted by Gasteiger charge is 2.16. The van der Waals surface area contributed by atoms with Gasteiger partial charge in [0.05, 0.1) is 5.60 Å². The second-order valence-corrected chi connectivity index (χ2v) is 3.65. The van der Waals surface area contributed by atoms with Gasteiger partial charge in [-0.3, -0.25) is 0 Å². The van der Waals surface area contributed by atoms with Crippen molar-refractivity contribution >= 4 is 0 Å². The molecule has 0 saturated heterocycles. The third-order valence-corrected chi connectivity index (χ3v) is 1.80. The Bertz CT molecular complexity index is 306. The van der Waals surface area contributed by atoms with Gasteiger partial charge in [0, 0.05) is 17.8 Å². The molecule has 0 radical (unpaired) electrons. The summed E-state index contributed by atoms with van der Waals surface area (Å²) in [6.45, 7) is 2.56. The lowest BCUT2D eigenvalue weighted by molar-refractivity contribution is 0.0750. The van der Waals surface area contributed by atoms with Crippen LogP contribution in [0.1, 0.15) is 19.4 Å². The molecule has 1 N–H and O–H groups in total. The summed E-state index contributed by atoms with van der Waals surface area (Å²) in [4.78, 5) is 3.80. The monoisotopic (exact) mass is 217 g/mol. The maximum Gasteiger partial charge on any atom is 0.272 e. The number of hydrogen-bond acceptors (Lipinski definition) is 3. The summed E-state index contributed by atoms with van der Waals surface area (Å²) in [6, 6.07) is 3.05. The molecule has 0 aliphatic rings. The first-order valence-corrected chi connectivity index (χ1v) is 4.49. The summed E-state index contributed by atoms with van der Waals surface area (Å²) < 4.78 is 28.3. The number of nitrogens with zero attached hydrogens (tertiary/aromatic N) is 1. The van der Waals surface area contributed by atoms with Gasteiger partial charge in [-0.2, -0.15) is 0 Å². The zero-order valence-corrected chi connectivity index (χ0v) is 8.58. The van der Waals surface area contributed by atoms with Crippen LogP contribution in [0.15, 0.2) is 18.3 Å². The summed E-state index contributed by atoms with van der Waals surface area (Å²) in [6.07, 6.45) is -1.11. The molecule has 0 saturated carbocycles. The van der Waals surface area contributed by atoms with Crippen molar-refractivity contribution in [3.05, 3.63) is 23.9 Å². The van der Waals surface area contributed by atoms with E-state index in [1.54, 1.807) is 19.9 Å². The highest BCUT2D eigenvalue weighted by atomic mass is 19.3. The fraction of sp³-hybridized carbons (Fsp3) is 0.500. The average Bonchev–Trinajstić information content (AvgIpc) is 2.14. The molecular formula is C10H13F2NO2. The van der Waals surface area contributed by atoms with Gasteiger partial charge in [0.2, 0.25) is 5.88 Å². The third-order valence-electron chi connectivity index (χ3n) is 1.80. The maximum atomic E-state index is 11.8. The Morgan fingerprint density at radius 3 is 2.53 bits per heavy atom. The van der Waals surface area contributed by atoms with Crippen LogP contribution in [0.4, 0.5) is 8.78 Å². The molecular weight excluding hydrogens is 204 g/mol. The van der Waals surface area contributed by atoms with Crippen LogP contribution in [0.3, 0.4) is 0 Å². The van der Waals surface area contributed by atoms with Crippen LogP contribution in [-0.2, 0) is 5.60 Å². The molecule has 1 rings (SSSR count). The van der Waals surface area contributed by atoms with E-state index in [0.29, 0.717) is 5.56 Å². The number of halogens is 2. The van der Waals surface area contributed by atoms with E-state index in [9.17, 15) is 13.9 Å². The van der Waals surface area contributed by atoms with Gasteiger partial charge in [-0.1, -0.05) is 0 Å². The van der Waals surface area contributed by atoms with Crippen molar-refractivity contribution < 1.29 is 18.6 Å². The van der Waals surface area contributed by atoms with Crippen LogP contribution in [0.2, 0.25) is 0 Å². The standard InChI is InChI=1S/C10H13F2NO2/c1-10(2,14)7-3-4-9(13-5-7)15-6-8(11)12/h3-5,8,14H,6H2,1-2H3. The van der Waals surface area contributed by atoms with Gasteiger partial charge in [-0.15, -0.1) is 0 Å². The highest BCUT2D eigenvalue weighted by molar-refractivity contribution is 5.22. The summed E-state index contributed by atoms with van der Waals surface area (Å²) in [5.41, 5.74) is -0.388. The minimum Gasteiger partial charge on any atom is -0.472 e. The number of pyridine rings is 1. The van der Waals surface area contributed by atoms with Gasteiger partial charge in [-0.05, 0) is 19.9 Å². The Labute approximate surface area is 86.7 Å². The number of aliphatic hydroxyl groups is 1. The van der Waals surface area contributed by atoms with Crippen LogP contribution >= 0.6 is 0 Å². The van der Waals surface area contributed by atoms with Gasteiger partial charge >= 0.3 is 0 Å². The number of ether oxygens (including phenoxy) is 1. The molecule has 0 aliphatic heterocycles. The van der Waals surface area contributed by atoms with Gasteiger partial charge in [0.25, 0.3) is 6.43 Å². The first-order chi connectivity index (χ1) is 6.89. The molecule has 0 amide bonds. The molecule has 84 valence electrons. The first-order valence-electron chi connectivity index (χ1n) is 4.49. The van der Waals surface area contributed by atoms with Crippen molar-refractivity contribution in [3.8, 4) is 5.88 Å². The lowest BCUT2D eigenvalue weighted by Gasteiger charge is -2.17. The van der Waals surface area contributed by atoms with Gasteiger partial charge in [-0.25, -0.2) is 13.8 Å². The number of rotatable bonds is 4. The molecule has 5 heteroatoms. The number of alkyl halides is 2. The van der Waals surface area contributed by atoms with Crippen LogP contribution in [0.5, 0.6) is 5.88 Å². The molecule has 0 atom stereocenters. The van der Waals surface area contributed by atoms with E-state index >= 15 is 0 Å². The van der Waals surface area contributed by atoms with Crippen molar-refractivity contribution in [1.82, 2.24) is 4.98 Å². The number of aromatic nitrogens is 1. The maximum absolute atomic E-state index is 11.8. The van der Waals surface area contributed by atoms with Crippen molar-refractivity contribution in [3.63, 3.8) is 0 Å². The Hall–Kier alpha value is -1.23. The zero-order chi connectivity index (χ0) is 11.5. The third kappa shape index (κ3) is 3.79. The van der Waals surface area contributed by atoms with Crippen molar-refractivity contribution in [2.24, 2.45) is 0 Å². The Morgan fingerprint density at radius 2 is 2.13 bits per heavy atom. The quantitative estimate of drug-likeness (QED) is 0.838. The molecule has 0 spiro atoms. The average molecular weight is 217 g/mol. The van der Waals surface area contributed by atoms with E-state index in [4.69, 9.17) is 4.74 Å². The van der Waals surface area contributed by atoms with Gasteiger partial charge in [0.1, 0.15) is 0 Å². The SMILES string of the molecule is CC(C)(O)c1ccc(OCC(F)F)nc1. The molecule has 1 aromatic rings. The van der Waals surface area contributed by atoms with Crippen LogP contribution < -0.4 is 4.74 Å². The lowest BCUT2D eigenvalue weighted by atomic mass is 10.0. The van der Waals surface area contributed by atoms with E-state index in [2.05, 4.69) is 4.98 Å². The Balaban J connectivity index is 2.65.